The normalized spacial score (nSPS) is 14.7. The number of hydrogen-bond acceptors (Lipinski definition) is 3. The van der Waals surface area contributed by atoms with E-state index in [4.69, 9.17) is 4.74 Å². The van der Waals surface area contributed by atoms with Crippen LogP contribution in [0.25, 0.3) is 25.1 Å². The molecule has 4 heteroatoms. The molecule has 2 heterocycles. The molecule has 0 unspecified atom stereocenters. The largest absolute Gasteiger partial charge is 0.442 e. The second-order valence-electron chi connectivity index (χ2n) is 8.64. The molecule has 0 radical (unpaired) electrons. The molecule has 0 aliphatic heterocycles. The molecule has 1 fully saturated rings. The molecular weight excluding hydrogens is 456 g/mol. The van der Waals surface area contributed by atoms with Crippen LogP contribution in [0.15, 0.2) is 90.3 Å². The van der Waals surface area contributed by atoms with E-state index in [1.807, 2.05) is 29.6 Å². The Balaban J connectivity index is 1.31. The van der Waals surface area contributed by atoms with Gasteiger partial charge >= 0.3 is 5.97 Å². The molecule has 0 saturated heterocycles. The topological polar surface area (TPSA) is 26.3 Å². The van der Waals surface area contributed by atoms with E-state index in [9.17, 15) is 4.79 Å². The van der Waals surface area contributed by atoms with E-state index in [1.54, 1.807) is 11.3 Å². The molecule has 1 aliphatic rings. The predicted octanol–water partition coefficient (Wildman–Crippen LogP) is 8.31. The molecule has 2 nitrogen and oxygen atoms in total. The number of thiophene rings is 2. The summed E-state index contributed by atoms with van der Waals surface area (Å²) in [5.74, 6) is 6.23. The lowest BCUT2D eigenvalue weighted by Crippen LogP contribution is -2.30. The summed E-state index contributed by atoms with van der Waals surface area (Å²) in [5, 5.41) is 4.62. The maximum absolute atomic E-state index is 13.1. The van der Waals surface area contributed by atoms with Crippen LogP contribution in [0.2, 0.25) is 0 Å². The van der Waals surface area contributed by atoms with E-state index < -0.39 is 5.60 Å². The Morgan fingerprint density at radius 1 is 0.824 bits per heavy atom. The summed E-state index contributed by atoms with van der Waals surface area (Å²) < 4.78 is 8.74. The van der Waals surface area contributed by atoms with Crippen LogP contribution < -0.4 is 0 Å². The zero-order valence-electron chi connectivity index (χ0n) is 18.6. The van der Waals surface area contributed by atoms with Crippen molar-refractivity contribution in [2.24, 2.45) is 0 Å². The number of ether oxygens (including phenoxy) is 1. The van der Waals surface area contributed by atoms with Crippen molar-refractivity contribution < 1.29 is 9.53 Å². The Labute approximate surface area is 205 Å². The minimum atomic E-state index is -0.676. The first-order valence-corrected chi connectivity index (χ1v) is 13.7. The van der Waals surface area contributed by atoms with Crippen molar-refractivity contribution >= 4 is 47.9 Å². The number of carbonyl (C=O) groups is 1. The minimum Gasteiger partial charge on any atom is -0.442 e. The number of esters is 1. The highest BCUT2D eigenvalue weighted by Crippen LogP contribution is 2.48. The minimum absolute atomic E-state index is 0.168. The van der Waals surface area contributed by atoms with Gasteiger partial charge in [-0.05, 0) is 91.6 Å². The van der Waals surface area contributed by atoms with Gasteiger partial charge in [-0.15, -0.1) is 11.3 Å². The lowest BCUT2D eigenvalue weighted by atomic mass is 10.0. The number of carbonyl (C=O) groups excluding carboxylic acids is 1. The van der Waals surface area contributed by atoms with Crippen LogP contribution in [0.1, 0.15) is 40.9 Å². The molecule has 1 saturated carbocycles. The predicted molar refractivity (Wildman–Crippen MR) is 143 cm³/mol. The molecule has 166 valence electrons. The molecular formula is C30H23O2S2+. The number of fused-ring (bicyclic) bond motifs is 3. The van der Waals surface area contributed by atoms with E-state index >= 15 is 0 Å². The highest BCUT2D eigenvalue weighted by molar-refractivity contribution is 7.50. The SMILES string of the molecule is O=C(OC1(C#Cc2cccs2)CCCC1)c1ccc(-[s+]2c3ccccc3c3ccccc32)cc1. The van der Waals surface area contributed by atoms with Crippen LogP contribution in [0.4, 0.5) is 0 Å². The smallest absolute Gasteiger partial charge is 0.339 e. The van der Waals surface area contributed by atoms with E-state index in [2.05, 4.69) is 72.5 Å². The number of hydrogen-bond donors (Lipinski definition) is 0. The van der Waals surface area contributed by atoms with Crippen LogP contribution in [0, 0.1) is 11.8 Å². The van der Waals surface area contributed by atoms with Gasteiger partial charge in [-0.2, -0.15) is 0 Å². The summed E-state index contributed by atoms with van der Waals surface area (Å²) >= 11 is 1.61. The fraction of sp³-hybridized carbons (Fsp3) is 0.167. The van der Waals surface area contributed by atoms with Gasteiger partial charge in [-0.3, -0.25) is 0 Å². The fourth-order valence-electron chi connectivity index (χ4n) is 4.79. The molecule has 5 aromatic rings. The third-order valence-electron chi connectivity index (χ3n) is 6.46. The van der Waals surface area contributed by atoms with Crippen molar-refractivity contribution in [1.82, 2.24) is 0 Å². The zero-order chi connectivity index (χ0) is 23.0. The second-order valence-corrected chi connectivity index (χ2v) is 11.6. The molecule has 6 rings (SSSR count). The van der Waals surface area contributed by atoms with Crippen molar-refractivity contribution in [3.8, 4) is 16.7 Å². The van der Waals surface area contributed by atoms with Crippen molar-refractivity contribution in [2.75, 3.05) is 0 Å². The lowest BCUT2D eigenvalue weighted by Gasteiger charge is -2.23. The highest BCUT2D eigenvalue weighted by Gasteiger charge is 2.36. The molecule has 0 bridgehead atoms. The molecule has 0 atom stereocenters. The summed E-state index contributed by atoms with van der Waals surface area (Å²) in [7, 11) is -0.168. The van der Waals surface area contributed by atoms with Gasteiger partial charge in [-0.25, -0.2) is 4.79 Å². The van der Waals surface area contributed by atoms with Crippen LogP contribution in [-0.2, 0) is 4.74 Å². The summed E-state index contributed by atoms with van der Waals surface area (Å²) in [6.45, 7) is 0. The Morgan fingerprint density at radius 3 is 2.09 bits per heavy atom. The van der Waals surface area contributed by atoms with Crippen molar-refractivity contribution in [3.05, 3.63) is 101 Å². The average molecular weight is 480 g/mol. The van der Waals surface area contributed by atoms with Gasteiger partial charge in [0.2, 0.25) is 0 Å². The third kappa shape index (κ3) is 3.81. The van der Waals surface area contributed by atoms with Gasteiger partial charge in [0.1, 0.15) is 0 Å². The molecule has 0 N–H and O–H groups in total. The monoisotopic (exact) mass is 479 g/mol. The summed E-state index contributed by atoms with van der Waals surface area (Å²) in [6, 6.07) is 29.2. The van der Waals surface area contributed by atoms with Gasteiger partial charge < -0.3 is 4.74 Å². The fourth-order valence-corrected chi connectivity index (χ4v) is 7.74. The summed E-state index contributed by atoms with van der Waals surface area (Å²) in [4.78, 5) is 15.3. The van der Waals surface area contributed by atoms with Crippen LogP contribution in [-0.4, -0.2) is 11.6 Å². The van der Waals surface area contributed by atoms with Gasteiger partial charge in [0.25, 0.3) is 0 Å². The highest BCUT2D eigenvalue weighted by atomic mass is 32.2. The number of benzene rings is 3. The van der Waals surface area contributed by atoms with Crippen LogP contribution >= 0.6 is 21.8 Å². The third-order valence-corrected chi connectivity index (χ3v) is 9.58. The van der Waals surface area contributed by atoms with E-state index in [1.165, 1.54) is 25.1 Å². The maximum Gasteiger partial charge on any atom is 0.339 e. The zero-order valence-corrected chi connectivity index (χ0v) is 20.3. The van der Waals surface area contributed by atoms with Gasteiger partial charge in [0.05, 0.1) is 10.4 Å². The lowest BCUT2D eigenvalue weighted by molar-refractivity contribution is 0.0103. The molecule has 1 aliphatic carbocycles. The number of rotatable bonds is 3. The van der Waals surface area contributed by atoms with Crippen molar-refractivity contribution in [1.29, 1.82) is 0 Å². The van der Waals surface area contributed by atoms with Crippen LogP contribution in [0.3, 0.4) is 0 Å². The quantitative estimate of drug-likeness (QED) is 0.148. The summed E-state index contributed by atoms with van der Waals surface area (Å²) in [5.41, 5.74) is -0.0949. The maximum atomic E-state index is 13.1. The first-order valence-electron chi connectivity index (χ1n) is 11.6. The molecule has 3 aromatic carbocycles. The van der Waals surface area contributed by atoms with Crippen LogP contribution in [0.5, 0.6) is 0 Å². The molecule has 0 amide bonds. The van der Waals surface area contributed by atoms with Crippen molar-refractivity contribution in [2.45, 2.75) is 31.3 Å². The first-order chi connectivity index (χ1) is 16.7. The van der Waals surface area contributed by atoms with E-state index in [-0.39, 0.29) is 16.4 Å². The Bertz CT molecular complexity index is 1490. The van der Waals surface area contributed by atoms with Gasteiger partial charge in [0.15, 0.2) is 19.9 Å². The Morgan fingerprint density at radius 2 is 1.47 bits per heavy atom. The molecule has 34 heavy (non-hydrogen) atoms. The molecule has 0 spiro atoms. The second kappa shape index (κ2) is 8.76. The average Bonchev–Trinajstić information content (AvgIpc) is 3.63. The van der Waals surface area contributed by atoms with E-state index in [0.29, 0.717) is 5.56 Å². The summed E-state index contributed by atoms with van der Waals surface area (Å²) in [6.07, 6.45) is 3.67. The first kappa shape index (κ1) is 21.2. The van der Waals surface area contributed by atoms with Crippen molar-refractivity contribution in [3.63, 3.8) is 0 Å². The Hall–Kier alpha value is -3.39. The van der Waals surface area contributed by atoms with Gasteiger partial charge in [-0.1, -0.05) is 36.3 Å². The van der Waals surface area contributed by atoms with Gasteiger partial charge in [0, 0.05) is 21.2 Å². The standard InChI is InChI=1S/C30H23O2S2/c31-29(32-30(18-5-6-19-30)20-17-23-8-7-21-33-23)22-13-15-24(16-14-22)34-27-11-3-1-9-25(27)26-10-2-4-12-28(26)34/h1-4,7-16,21H,5-6,18-19H2/q+1. The van der Waals surface area contributed by atoms with E-state index in [0.717, 1.165) is 30.6 Å². The Kier molecular flexibility index (Phi) is 5.45. The molecule has 2 aromatic heterocycles.